The summed E-state index contributed by atoms with van der Waals surface area (Å²) >= 11 is 0. The van der Waals surface area contributed by atoms with Gasteiger partial charge in [0.1, 0.15) is 12.3 Å². The zero-order valence-corrected chi connectivity index (χ0v) is 13.1. The molecule has 0 bridgehead atoms. The SMILES string of the molecule is CCOC(=O)CN(C(=O)COc1ccc(C)cc1)C(C)C. The van der Waals surface area contributed by atoms with E-state index in [4.69, 9.17) is 9.47 Å². The average molecular weight is 293 g/mol. The van der Waals surface area contributed by atoms with Gasteiger partial charge in [-0.25, -0.2) is 0 Å². The first-order valence-corrected chi connectivity index (χ1v) is 7.08. The maximum absolute atomic E-state index is 12.2. The van der Waals surface area contributed by atoms with Crippen LogP contribution in [0.5, 0.6) is 5.75 Å². The lowest BCUT2D eigenvalue weighted by molar-refractivity contribution is -0.150. The highest BCUT2D eigenvalue weighted by atomic mass is 16.5. The Morgan fingerprint density at radius 1 is 1.19 bits per heavy atom. The molecule has 0 aliphatic heterocycles. The third-order valence-electron chi connectivity index (χ3n) is 2.93. The Hall–Kier alpha value is -2.04. The molecule has 0 aromatic heterocycles. The maximum atomic E-state index is 12.2. The fourth-order valence-corrected chi connectivity index (χ4v) is 1.77. The van der Waals surface area contributed by atoms with Crippen LogP contribution in [-0.4, -0.2) is 42.6 Å². The summed E-state index contributed by atoms with van der Waals surface area (Å²) in [4.78, 5) is 25.1. The summed E-state index contributed by atoms with van der Waals surface area (Å²) in [5.74, 6) is -0.0118. The fourth-order valence-electron chi connectivity index (χ4n) is 1.77. The van der Waals surface area contributed by atoms with E-state index in [1.165, 1.54) is 4.90 Å². The molecule has 0 unspecified atom stereocenters. The molecule has 0 saturated heterocycles. The van der Waals surface area contributed by atoms with Gasteiger partial charge < -0.3 is 14.4 Å². The van der Waals surface area contributed by atoms with Crippen molar-refractivity contribution in [2.24, 2.45) is 0 Å². The number of rotatable bonds is 7. The van der Waals surface area contributed by atoms with Gasteiger partial charge in [-0.05, 0) is 39.8 Å². The van der Waals surface area contributed by atoms with Crippen LogP contribution in [0.15, 0.2) is 24.3 Å². The number of nitrogens with zero attached hydrogens (tertiary/aromatic N) is 1. The molecular formula is C16H23NO4. The molecule has 0 N–H and O–H groups in total. The summed E-state index contributed by atoms with van der Waals surface area (Å²) in [5, 5.41) is 0. The minimum Gasteiger partial charge on any atom is -0.484 e. The molecule has 0 fully saturated rings. The number of benzene rings is 1. The van der Waals surface area contributed by atoms with Gasteiger partial charge in [0.25, 0.3) is 5.91 Å². The van der Waals surface area contributed by atoms with Crippen LogP contribution in [-0.2, 0) is 14.3 Å². The average Bonchev–Trinajstić information content (AvgIpc) is 2.44. The predicted molar refractivity (Wildman–Crippen MR) is 80.2 cm³/mol. The number of amides is 1. The zero-order valence-electron chi connectivity index (χ0n) is 13.1. The second-order valence-corrected chi connectivity index (χ2v) is 5.02. The van der Waals surface area contributed by atoms with Crippen molar-refractivity contribution >= 4 is 11.9 Å². The highest BCUT2D eigenvalue weighted by Crippen LogP contribution is 2.11. The van der Waals surface area contributed by atoms with Crippen LogP contribution in [0, 0.1) is 6.92 Å². The molecule has 5 heteroatoms. The third-order valence-corrected chi connectivity index (χ3v) is 2.93. The third kappa shape index (κ3) is 5.85. The lowest BCUT2D eigenvalue weighted by atomic mass is 10.2. The molecule has 0 saturated carbocycles. The van der Waals surface area contributed by atoms with Crippen LogP contribution in [0.1, 0.15) is 26.3 Å². The number of hydrogen-bond acceptors (Lipinski definition) is 4. The number of carbonyl (C=O) groups excluding carboxylic acids is 2. The van der Waals surface area contributed by atoms with E-state index < -0.39 is 5.97 Å². The molecule has 5 nitrogen and oxygen atoms in total. The van der Waals surface area contributed by atoms with Crippen molar-refractivity contribution < 1.29 is 19.1 Å². The van der Waals surface area contributed by atoms with Gasteiger partial charge in [0, 0.05) is 6.04 Å². The van der Waals surface area contributed by atoms with Gasteiger partial charge in [0.15, 0.2) is 6.61 Å². The smallest absolute Gasteiger partial charge is 0.325 e. The van der Waals surface area contributed by atoms with Crippen molar-refractivity contribution in [1.29, 1.82) is 0 Å². The number of esters is 1. The van der Waals surface area contributed by atoms with E-state index in [1.807, 2.05) is 45.0 Å². The van der Waals surface area contributed by atoms with Gasteiger partial charge >= 0.3 is 5.97 Å². The molecule has 0 atom stereocenters. The summed E-state index contributed by atoms with van der Waals surface area (Å²) < 4.78 is 10.3. The van der Waals surface area contributed by atoms with Crippen molar-refractivity contribution in [3.63, 3.8) is 0 Å². The Balaban J connectivity index is 2.56. The van der Waals surface area contributed by atoms with Crippen LogP contribution in [0.2, 0.25) is 0 Å². The quantitative estimate of drug-likeness (QED) is 0.723. The predicted octanol–water partition coefficient (Wildman–Crippen LogP) is 2.17. The lowest BCUT2D eigenvalue weighted by Gasteiger charge is -2.25. The standard InChI is InChI=1S/C16H23NO4/c1-5-20-16(19)10-17(12(2)3)15(18)11-21-14-8-6-13(4)7-9-14/h6-9,12H,5,10-11H2,1-4H3. The largest absolute Gasteiger partial charge is 0.484 e. The monoisotopic (exact) mass is 293 g/mol. The Bertz CT molecular complexity index is 468. The molecule has 0 spiro atoms. The van der Waals surface area contributed by atoms with Gasteiger partial charge in [-0.1, -0.05) is 17.7 Å². The second kappa shape index (κ2) is 8.29. The molecule has 0 radical (unpaired) electrons. The number of carbonyl (C=O) groups is 2. The van der Waals surface area contributed by atoms with Gasteiger partial charge in [0.05, 0.1) is 6.61 Å². The first-order chi connectivity index (χ1) is 9.93. The van der Waals surface area contributed by atoms with Crippen molar-refractivity contribution in [1.82, 2.24) is 4.90 Å². The molecule has 0 aliphatic carbocycles. The minimum atomic E-state index is -0.408. The summed E-state index contributed by atoms with van der Waals surface area (Å²) in [6.45, 7) is 7.57. The van der Waals surface area contributed by atoms with Crippen LogP contribution in [0.3, 0.4) is 0 Å². The van der Waals surface area contributed by atoms with Crippen LogP contribution in [0.4, 0.5) is 0 Å². The van der Waals surface area contributed by atoms with E-state index in [9.17, 15) is 9.59 Å². The zero-order chi connectivity index (χ0) is 15.8. The normalized spacial score (nSPS) is 10.3. The Morgan fingerprint density at radius 2 is 1.81 bits per heavy atom. The molecule has 1 aromatic rings. The molecule has 0 heterocycles. The summed E-state index contributed by atoms with van der Waals surface area (Å²) in [6.07, 6.45) is 0. The van der Waals surface area contributed by atoms with Crippen molar-refractivity contribution in [2.75, 3.05) is 19.8 Å². The number of ether oxygens (including phenoxy) is 2. The van der Waals surface area contributed by atoms with E-state index >= 15 is 0 Å². The van der Waals surface area contributed by atoms with Crippen LogP contribution in [0.25, 0.3) is 0 Å². The Labute approximate surface area is 125 Å². The Morgan fingerprint density at radius 3 is 2.33 bits per heavy atom. The van der Waals surface area contributed by atoms with E-state index in [0.29, 0.717) is 12.4 Å². The molecule has 116 valence electrons. The van der Waals surface area contributed by atoms with Crippen molar-refractivity contribution in [3.8, 4) is 5.75 Å². The summed E-state index contributed by atoms with van der Waals surface area (Å²) in [5.41, 5.74) is 1.12. The molecular weight excluding hydrogens is 270 g/mol. The van der Waals surface area contributed by atoms with E-state index in [2.05, 4.69) is 0 Å². The maximum Gasteiger partial charge on any atom is 0.325 e. The first-order valence-electron chi connectivity index (χ1n) is 7.08. The van der Waals surface area contributed by atoms with Gasteiger partial charge in [-0.3, -0.25) is 9.59 Å². The highest BCUT2D eigenvalue weighted by molar-refractivity contribution is 5.83. The lowest BCUT2D eigenvalue weighted by Crippen LogP contribution is -2.43. The molecule has 0 aliphatic rings. The topological polar surface area (TPSA) is 55.8 Å². The van der Waals surface area contributed by atoms with Gasteiger partial charge in [-0.2, -0.15) is 0 Å². The number of hydrogen-bond donors (Lipinski definition) is 0. The number of aryl methyl sites for hydroxylation is 1. The Kier molecular flexibility index (Phi) is 6.72. The van der Waals surface area contributed by atoms with Crippen LogP contribution >= 0.6 is 0 Å². The fraction of sp³-hybridized carbons (Fsp3) is 0.500. The summed E-state index contributed by atoms with van der Waals surface area (Å²) in [6, 6.07) is 7.36. The molecule has 1 rings (SSSR count). The second-order valence-electron chi connectivity index (χ2n) is 5.02. The molecule has 1 aromatic carbocycles. The highest BCUT2D eigenvalue weighted by Gasteiger charge is 2.21. The minimum absolute atomic E-state index is 0.0540. The van der Waals surface area contributed by atoms with E-state index in [0.717, 1.165) is 5.56 Å². The van der Waals surface area contributed by atoms with Crippen molar-refractivity contribution in [3.05, 3.63) is 29.8 Å². The van der Waals surface area contributed by atoms with Crippen molar-refractivity contribution in [2.45, 2.75) is 33.7 Å². The van der Waals surface area contributed by atoms with E-state index in [1.54, 1.807) is 6.92 Å². The van der Waals surface area contributed by atoms with Crippen LogP contribution < -0.4 is 4.74 Å². The van der Waals surface area contributed by atoms with Gasteiger partial charge in [0.2, 0.25) is 0 Å². The van der Waals surface area contributed by atoms with E-state index in [-0.39, 0.29) is 25.1 Å². The molecule has 21 heavy (non-hydrogen) atoms. The molecule has 1 amide bonds. The van der Waals surface area contributed by atoms with Gasteiger partial charge in [-0.15, -0.1) is 0 Å². The summed E-state index contributed by atoms with van der Waals surface area (Å²) in [7, 11) is 0. The first kappa shape index (κ1) is 17.0.